The summed E-state index contributed by atoms with van der Waals surface area (Å²) in [7, 11) is 0. The number of hydrogen-bond donors (Lipinski definition) is 0. The van der Waals surface area contributed by atoms with Gasteiger partial charge in [0.25, 0.3) is 0 Å². The molecule has 0 amide bonds. The molecule has 1 aliphatic rings. The van der Waals surface area contributed by atoms with Gasteiger partial charge in [0, 0.05) is 29.8 Å². The topological polar surface area (TPSA) is 25.1 Å². The van der Waals surface area contributed by atoms with Crippen molar-refractivity contribution < 1.29 is 4.74 Å². The summed E-state index contributed by atoms with van der Waals surface area (Å²) in [4.78, 5) is 6.61. The smallest absolute Gasteiger partial charge is 0.213 e. The Labute approximate surface area is 105 Å². The lowest BCUT2D eigenvalue weighted by atomic mass is 10.2. The molecule has 2 rings (SSSR count). The zero-order valence-electron chi connectivity index (χ0n) is 9.36. The molecule has 2 heterocycles. The second kappa shape index (κ2) is 6.21. The molecule has 0 aromatic carbocycles. The van der Waals surface area contributed by atoms with E-state index in [0.29, 0.717) is 5.88 Å². The van der Waals surface area contributed by atoms with Crippen molar-refractivity contribution in [2.75, 3.05) is 26.2 Å². The Morgan fingerprint density at radius 2 is 2.12 bits per heavy atom. The molecule has 16 heavy (non-hydrogen) atoms. The maximum absolute atomic E-state index is 5.54. The first kappa shape index (κ1) is 11.9. The molecule has 4 heteroatoms. The average Bonchev–Trinajstić information content (AvgIpc) is 3.10. The summed E-state index contributed by atoms with van der Waals surface area (Å²) in [6.45, 7) is 4.64. The first-order valence-electron chi connectivity index (χ1n) is 5.81. The van der Waals surface area contributed by atoms with Gasteiger partial charge < -0.3 is 9.64 Å². The predicted molar refractivity (Wildman–Crippen MR) is 67.7 cm³/mol. The largest absolute Gasteiger partial charge is 0.478 e. The van der Waals surface area contributed by atoms with E-state index in [2.05, 4.69) is 25.8 Å². The first-order chi connectivity index (χ1) is 7.84. The van der Waals surface area contributed by atoms with Gasteiger partial charge in [0.2, 0.25) is 5.88 Å². The standard InChI is InChI=1S/C12H17BrN2O/c13-11-4-5-12(14-10-11)16-9-3-1-2-6-15-7-8-15/h4-5,10H,1-3,6-9H2. The molecule has 1 aromatic heterocycles. The Balaban J connectivity index is 1.51. The van der Waals surface area contributed by atoms with E-state index >= 15 is 0 Å². The van der Waals surface area contributed by atoms with E-state index in [-0.39, 0.29) is 0 Å². The number of hydrogen-bond acceptors (Lipinski definition) is 3. The van der Waals surface area contributed by atoms with Crippen LogP contribution in [0.3, 0.4) is 0 Å². The Kier molecular flexibility index (Phi) is 4.60. The summed E-state index contributed by atoms with van der Waals surface area (Å²) < 4.78 is 6.52. The highest BCUT2D eigenvalue weighted by Gasteiger charge is 2.15. The molecule has 1 saturated heterocycles. The van der Waals surface area contributed by atoms with Gasteiger partial charge in [-0.05, 0) is 47.8 Å². The highest BCUT2D eigenvalue weighted by Crippen LogP contribution is 2.13. The molecule has 0 bridgehead atoms. The Morgan fingerprint density at radius 1 is 1.25 bits per heavy atom. The lowest BCUT2D eigenvalue weighted by Crippen LogP contribution is -2.02. The summed E-state index contributed by atoms with van der Waals surface area (Å²) in [6.07, 6.45) is 5.41. The minimum absolute atomic E-state index is 0.717. The van der Waals surface area contributed by atoms with E-state index in [1.54, 1.807) is 6.20 Å². The number of pyridine rings is 1. The minimum Gasteiger partial charge on any atom is -0.478 e. The molecule has 3 nitrogen and oxygen atoms in total. The van der Waals surface area contributed by atoms with Crippen molar-refractivity contribution in [1.82, 2.24) is 9.88 Å². The zero-order chi connectivity index (χ0) is 11.2. The summed E-state index contributed by atoms with van der Waals surface area (Å²) >= 11 is 3.34. The molecule has 0 N–H and O–H groups in total. The highest BCUT2D eigenvalue weighted by molar-refractivity contribution is 9.10. The van der Waals surface area contributed by atoms with Crippen LogP contribution in [0.1, 0.15) is 19.3 Å². The van der Waals surface area contributed by atoms with Crippen LogP contribution >= 0.6 is 15.9 Å². The van der Waals surface area contributed by atoms with Gasteiger partial charge in [-0.1, -0.05) is 0 Å². The van der Waals surface area contributed by atoms with E-state index in [9.17, 15) is 0 Å². The number of aromatic nitrogens is 1. The van der Waals surface area contributed by atoms with Crippen LogP contribution in [0.4, 0.5) is 0 Å². The normalized spacial score (nSPS) is 15.1. The molecule has 88 valence electrons. The van der Waals surface area contributed by atoms with Crippen molar-refractivity contribution in [1.29, 1.82) is 0 Å². The number of nitrogens with zero attached hydrogens (tertiary/aromatic N) is 2. The van der Waals surface area contributed by atoms with Crippen LogP contribution in [-0.2, 0) is 0 Å². The molecule has 0 saturated carbocycles. The third kappa shape index (κ3) is 4.49. The lowest BCUT2D eigenvalue weighted by Gasteiger charge is -2.05. The van der Waals surface area contributed by atoms with E-state index in [0.717, 1.165) is 17.5 Å². The van der Waals surface area contributed by atoms with Gasteiger partial charge in [0.05, 0.1) is 6.61 Å². The van der Waals surface area contributed by atoms with Crippen LogP contribution < -0.4 is 4.74 Å². The summed E-state index contributed by atoms with van der Waals surface area (Å²) in [5, 5.41) is 0. The predicted octanol–water partition coefficient (Wildman–Crippen LogP) is 2.71. The fourth-order valence-corrected chi connectivity index (χ4v) is 1.77. The van der Waals surface area contributed by atoms with E-state index in [4.69, 9.17) is 4.74 Å². The third-order valence-electron chi connectivity index (χ3n) is 2.61. The van der Waals surface area contributed by atoms with Crippen LogP contribution in [0.15, 0.2) is 22.8 Å². The first-order valence-corrected chi connectivity index (χ1v) is 6.60. The summed E-state index contributed by atoms with van der Waals surface area (Å²) in [6, 6.07) is 3.84. The van der Waals surface area contributed by atoms with Gasteiger partial charge in [-0.25, -0.2) is 4.98 Å². The molecule has 1 aliphatic heterocycles. The lowest BCUT2D eigenvalue weighted by molar-refractivity contribution is 0.292. The van der Waals surface area contributed by atoms with E-state index in [1.807, 2.05) is 12.1 Å². The van der Waals surface area contributed by atoms with Gasteiger partial charge in [-0.2, -0.15) is 0 Å². The second-order valence-electron chi connectivity index (χ2n) is 4.07. The SMILES string of the molecule is Brc1ccc(OCCCCCN2CC2)nc1. The minimum atomic E-state index is 0.717. The molecule has 0 radical (unpaired) electrons. The molecule has 0 aliphatic carbocycles. The van der Waals surface area contributed by atoms with Crippen molar-refractivity contribution in [3.05, 3.63) is 22.8 Å². The Morgan fingerprint density at radius 3 is 2.81 bits per heavy atom. The quantitative estimate of drug-likeness (QED) is 0.569. The number of ether oxygens (including phenoxy) is 1. The van der Waals surface area contributed by atoms with E-state index in [1.165, 1.54) is 32.5 Å². The average molecular weight is 285 g/mol. The van der Waals surface area contributed by atoms with Gasteiger partial charge in [-0.3, -0.25) is 0 Å². The van der Waals surface area contributed by atoms with Gasteiger partial charge in [-0.15, -0.1) is 0 Å². The number of halogens is 1. The fraction of sp³-hybridized carbons (Fsp3) is 0.583. The Hall–Kier alpha value is -0.610. The van der Waals surface area contributed by atoms with Crippen LogP contribution in [0.5, 0.6) is 5.88 Å². The Bertz CT molecular complexity index is 311. The fourth-order valence-electron chi connectivity index (χ4n) is 1.53. The third-order valence-corrected chi connectivity index (χ3v) is 3.08. The molecule has 0 atom stereocenters. The molecule has 0 unspecified atom stereocenters. The second-order valence-corrected chi connectivity index (χ2v) is 4.98. The maximum Gasteiger partial charge on any atom is 0.213 e. The monoisotopic (exact) mass is 284 g/mol. The van der Waals surface area contributed by atoms with Crippen molar-refractivity contribution in [3.63, 3.8) is 0 Å². The summed E-state index contributed by atoms with van der Waals surface area (Å²) in [5.74, 6) is 0.717. The van der Waals surface area contributed by atoms with Gasteiger partial charge in [0.1, 0.15) is 0 Å². The molecule has 0 spiro atoms. The van der Waals surface area contributed by atoms with Crippen LogP contribution in [0, 0.1) is 0 Å². The van der Waals surface area contributed by atoms with Crippen molar-refractivity contribution in [2.24, 2.45) is 0 Å². The van der Waals surface area contributed by atoms with Crippen LogP contribution in [0.25, 0.3) is 0 Å². The molecular formula is C12H17BrN2O. The van der Waals surface area contributed by atoms with Crippen LogP contribution in [-0.4, -0.2) is 36.1 Å². The number of rotatable bonds is 7. The molecule has 1 aromatic rings. The number of unbranched alkanes of at least 4 members (excludes halogenated alkanes) is 2. The molecule has 1 fully saturated rings. The van der Waals surface area contributed by atoms with E-state index < -0.39 is 0 Å². The maximum atomic E-state index is 5.54. The highest BCUT2D eigenvalue weighted by atomic mass is 79.9. The summed E-state index contributed by atoms with van der Waals surface area (Å²) in [5.41, 5.74) is 0. The van der Waals surface area contributed by atoms with Crippen molar-refractivity contribution in [3.8, 4) is 5.88 Å². The molecular weight excluding hydrogens is 268 g/mol. The van der Waals surface area contributed by atoms with Gasteiger partial charge in [0.15, 0.2) is 0 Å². The zero-order valence-corrected chi connectivity index (χ0v) is 10.9. The van der Waals surface area contributed by atoms with Crippen molar-refractivity contribution >= 4 is 15.9 Å². The van der Waals surface area contributed by atoms with Crippen molar-refractivity contribution in [2.45, 2.75) is 19.3 Å². The van der Waals surface area contributed by atoms with Crippen LogP contribution in [0.2, 0.25) is 0 Å². The van der Waals surface area contributed by atoms with Gasteiger partial charge >= 0.3 is 0 Å².